The summed E-state index contributed by atoms with van der Waals surface area (Å²) >= 11 is 1.59. The molecule has 0 aliphatic carbocycles. The molecule has 0 radical (unpaired) electrons. The number of nitrogens with zero attached hydrogens (tertiary/aromatic N) is 2. The number of carbonyl (C=O) groups excluding carboxylic acids is 1. The molecular formula is C15H11N3O2S. The lowest BCUT2D eigenvalue weighted by Gasteiger charge is -2.03. The van der Waals surface area contributed by atoms with Crippen LogP contribution >= 0.6 is 11.3 Å². The minimum absolute atomic E-state index is 0.191. The summed E-state index contributed by atoms with van der Waals surface area (Å²) in [7, 11) is 0. The quantitative estimate of drug-likeness (QED) is 0.749. The topological polar surface area (TPSA) is 68.0 Å². The molecule has 0 spiro atoms. The molecule has 0 saturated heterocycles. The van der Waals surface area contributed by atoms with Crippen molar-refractivity contribution in [2.45, 2.75) is 0 Å². The first-order valence-electron chi connectivity index (χ1n) is 6.19. The van der Waals surface area contributed by atoms with E-state index in [9.17, 15) is 4.79 Å². The minimum atomic E-state index is -0.191. The highest BCUT2D eigenvalue weighted by atomic mass is 32.1. The largest absolute Gasteiger partial charge is 0.423 e. The van der Waals surface area contributed by atoms with Gasteiger partial charge < -0.3 is 9.73 Å². The smallest absolute Gasteiger partial charge is 0.248 e. The lowest BCUT2D eigenvalue weighted by atomic mass is 10.2. The second kappa shape index (κ2) is 6.15. The van der Waals surface area contributed by atoms with E-state index in [1.165, 1.54) is 12.5 Å². The number of amides is 1. The molecule has 2 heterocycles. The number of nitrogens with one attached hydrogen (secondary N) is 1. The van der Waals surface area contributed by atoms with Gasteiger partial charge in [-0.05, 0) is 46.7 Å². The molecule has 21 heavy (non-hydrogen) atoms. The van der Waals surface area contributed by atoms with Crippen LogP contribution in [0.4, 0.5) is 5.69 Å². The van der Waals surface area contributed by atoms with Crippen LogP contribution in [0.2, 0.25) is 0 Å². The molecule has 1 amide bonds. The van der Waals surface area contributed by atoms with Gasteiger partial charge in [-0.15, -0.1) is 10.2 Å². The first kappa shape index (κ1) is 13.3. The molecule has 5 nitrogen and oxygen atoms in total. The Bertz CT molecular complexity index is 749. The van der Waals surface area contributed by atoms with E-state index in [-0.39, 0.29) is 5.91 Å². The average molecular weight is 297 g/mol. The maximum Gasteiger partial charge on any atom is 0.248 e. The van der Waals surface area contributed by atoms with Crippen molar-refractivity contribution in [3.8, 4) is 11.5 Å². The molecule has 1 N–H and O–H groups in total. The molecule has 6 heteroatoms. The van der Waals surface area contributed by atoms with Gasteiger partial charge in [-0.1, -0.05) is 6.07 Å². The Morgan fingerprint density at radius 2 is 2.29 bits per heavy atom. The molecule has 0 saturated carbocycles. The second-order valence-corrected chi connectivity index (χ2v) is 4.98. The zero-order valence-electron chi connectivity index (χ0n) is 10.9. The van der Waals surface area contributed by atoms with E-state index in [4.69, 9.17) is 4.42 Å². The molecule has 0 bridgehead atoms. The summed E-state index contributed by atoms with van der Waals surface area (Å²) in [6.45, 7) is 0. The van der Waals surface area contributed by atoms with Crippen molar-refractivity contribution in [2.24, 2.45) is 0 Å². The van der Waals surface area contributed by atoms with Crippen molar-refractivity contribution < 1.29 is 9.21 Å². The van der Waals surface area contributed by atoms with Crippen molar-refractivity contribution in [1.29, 1.82) is 0 Å². The molecule has 0 aliphatic heterocycles. The van der Waals surface area contributed by atoms with Gasteiger partial charge >= 0.3 is 0 Å². The summed E-state index contributed by atoms with van der Waals surface area (Å²) in [5, 5.41) is 14.2. The fraction of sp³-hybridized carbons (Fsp3) is 0. The summed E-state index contributed by atoms with van der Waals surface area (Å²) in [6, 6.07) is 9.19. The summed E-state index contributed by atoms with van der Waals surface area (Å²) in [6.07, 6.45) is 4.54. The summed E-state index contributed by atoms with van der Waals surface area (Å²) in [4.78, 5) is 11.9. The highest BCUT2D eigenvalue weighted by molar-refractivity contribution is 7.08. The van der Waals surface area contributed by atoms with Crippen molar-refractivity contribution in [1.82, 2.24) is 10.2 Å². The molecule has 104 valence electrons. The van der Waals surface area contributed by atoms with E-state index in [1.807, 2.05) is 29.0 Å². The van der Waals surface area contributed by atoms with Gasteiger partial charge in [-0.25, -0.2) is 0 Å². The Morgan fingerprint density at radius 1 is 1.33 bits per heavy atom. The van der Waals surface area contributed by atoms with E-state index in [0.29, 0.717) is 11.6 Å². The number of rotatable bonds is 4. The third-order valence-corrected chi connectivity index (χ3v) is 3.41. The first-order chi connectivity index (χ1) is 10.3. The van der Waals surface area contributed by atoms with E-state index < -0.39 is 0 Å². The van der Waals surface area contributed by atoms with Crippen molar-refractivity contribution in [2.75, 3.05) is 5.32 Å². The van der Waals surface area contributed by atoms with E-state index in [1.54, 1.807) is 29.5 Å². The van der Waals surface area contributed by atoms with Crippen LogP contribution in [0.5, 0.6) is 0 Å². The molecule has 0 aliphatic rings. The van der Waals surface area contributed by atoms with Crippen molar-refractivity contribution in [3.05, 3.63) is 59.1 Å². The van der Waals surface area contributed by atoms with Crippen LogP contribution < -0.4 is 5.32 Å². The number of carbonyl (C=O) groups is 1. The Balaban J connectivity index is 1.70. The normalized spacial score (nSPS) is 10.9. The van der Waals surface area contributed by atoms with Gasteiger partial charge in [-0.3, -0.25) is 4.79 Å². The lowest BCUT2D eigenvalue weighted by molar-refractivity contribution is -0.111. The molecule has 3 aromatic rings. The fourth-order valence-corrected chi connectivity index (χ4v) is 2.38. The Morgan fingerprint density at radius 3 is 3.05 bits per heavy atom. The molecule has 0 unspecified atom stereocenters. The van der Waals surface area contributed by atoms with E-state index >= 15 is 0 Å². The molecule has 2 aromatic heterocycles. The van der Waals surface area contributed by atoms with Gasteiger partial charge in [0.1, 0.15) is 0 Å². The van der Waals surface area contributed by atoms with Gasteiger partial charge in [0.15, 0.2) is 0 Å². The predicted octanol–water partition coefficient (Wildman–Crippen LogP) is 3.45. The van der Waals surface area contributed by atoms with Crippen LogP contribution in [-0.2, 0) is 4.79 Å². The predicted molar refractivity (Wildman–Crippen MR) is 81.7 cm³/mol. The van der Waals surface area contributed by atoms with Gasteiger partial charge in [-0.2, -0.15) is 11.3 Å². The third-order valence-electron chi connectivity index (χ3n) is 2.71. The number of hydrogen-bond acceptors (Lipinski definition) is 5. The van der Waals surface area contributed by atoms with Crippen LogP contribution in [0, 0.1) is 0 Å². The van der Waals surface area contributed by atoms with Crippen LogP contribution in [0.15, 0.2) is 58.0 Å². The summed E-state index contributed by atoms with van der Waals surface area (Å²) in [5.41, 5.74) is 2.44. The van der Waals surface area contributed by atoms with Crippen molar-refractivity contribution >= 4 is 29.0 Å². The zero-order chi connectivity index (χ0) is 14.5. The van der Waals surface area contributed by atoms with E-state index in [0.717, 1.165) is 11.1 Å². The SMILES string of the molecule is O=C(C=Cc1ccsc1)Nc1cccc(-c2nnco2)c1. The Labute approximate surface area is 125 Å². The maximum atomic E-state index is 11.9. The number of hydrogen-bond donors (Lipinski definition) is 1. The average Bonchev–Trinajstić information content (AvgIpc) is 3.19. The molecule has 0 fully saturated rings. The second-order valence-electron chi connectivity index (χ2n) is 4.20. The summed E-state index contributed by atoms with van der Waals surface area (Å²) in [5.74, 6) is 0.226. The molecule has 3 rings (SSSR count). The van der Waals surface area contributed by atoms with Crippen LogP contribution in [-0.4, -0.2) is 16.1 Å². The standard InChI is InChI=1S/C15H11N3O2S/c19-14(5-4-11-6-7-21-9-11)17-13-3-1-2-12(8-13)15-18-16-10-20-15/h1-10H,(H,17,19). The van der Waals surface area contributed by atoms with Gasteiger partial charge in [0.25, 0.3) is 0 Å². The fourth-order valence-electron chi connectivity index (χ4n) is 1.75. The van der Waals surface area contributed by atoms with Crippen LogP contribution in [0.1, 0.15) is 5.56 Å². The van der Waals surface area contributed by atoms with Gasteiger partial charge in [0, 0.05) is 17.3 Å². The Hall–Kier alpha value is -2.73. The summed E-state index contributed by atoms with van der Waals surface area (Å²) < 4.78 is 5.13. The van der Waals surface area contributed by atoms with Gasteiger partial charge in [0.05, 0.1) is 0 Å². The monoisotopic (exact) mass is 297 g/mol. The molecular weight excluding hydrogens is 286 g/mol. The van der Waals surface area contributed by atoms with E-state index in [2.05, 4.69) is 15.5 Å². The third kappa shape index (κ3) is 3.43. The molecule has 1 aromatic carbocycles. The number of anilines is 1. The number of aromatic nitrogens is 2. The number of benzene rings is 1. The maximum absolute atomic E-state index is 11.9. The minimum Gasteiger partial charge on any atom is -0.423 e. The van der Waals surface area contributed by atoms with Crippen LogP contribution in [0.3, 0.4) is 0 Å². The first-order valence-corrected chi connectivity index (χ1v) is 7.13. The zero-order valence-corrected chi connectivity index (χ0v) is 11.7. The highest BCUT2D eigenvalue weighted by Crippen LogP contribution is 2.20. The lowest BCUT2D eigenvalue weighted by Crippen LogP contribution is -2.07. The Kier molecular flexibility index (Phi) is 3.88. The highest BCUT2D eigenvalue weighted by Gasteiger charge is 2.05. The van der Waals surface area contributed by atoms with Gasteiger partial charge in [0.2, 0.25) is 18.2 Å². The van der Waals surface area contributed by atoms with Crippen LogP contribution in [0.25, 0.3) is 17.5 Å². The van der Waals surface area contributed by atoms with Crippen molar-refractivity contribution in [3.63, 3.8) is 0 Å². The molecule has 0 atom stereocenters. The number of thiophene rings is 1.